The van der Waals surface area contributed by atoms with E-state index in [4.69, 9.17) is 0 Å². The quantitative estimate of drug-likeness (QED) is 0.886. The molecule has 1 aliphatic carbocycles. The molecule has 20 heavy (non-hydrogen) atoms. The van der Waals surface area contributed by atoms with Crippen LogP contribution in [0.25, 0.3) is 10.9 Å². The number of benzene rings is 1. The van der Waals surface area contributed by atoms with Gasteiger partial charge in [0.15, 0.2) is 0 Å². The first-order valence-electron chi connectivity index (χ1n) is 7.00. The first-order valence-corrected chi connectivity index (χ1v) is 8.05. The molecule has 1 heterocycles. The van der Waals surface area contributed by atoms with E-state index in [1.807, 2.05) is 36.0 Å². The lowest BCUT2D eigenvalue weighted by Gasteiger charge is -2.45. The monoisotopic (exact) mass is 289 g/mol. The number of para-hydroxylation sites is 1. The number of aromatic nitrogens is 2. The van der Waals surface area contributed by atoms with Crippen LogP contribution in [0.5, 0.6) is 0 Å². The van der Waals surface area contributed by atoms with Gasteiger partial charge in [0.1, 0.15) is 12.1 Å². The second kappa shape index (κ2) is 5.58. The van der Waals surface area contributed by atoms with Crippen LogP contribution in [0, 0.1) is 0 Å². The molecule has 1 fully saturated rings. The number of aliphatic hydroxyl groups is 1. The lowest BCUT2D eigenvalue weighted by molar-refractivity contribution is -0.0120. The van der Waals surface area contributed by atoms with Crippen molar-refractivity contribution in [1.82, 2.24) is 9.97 Å². The number of hydrogen-bond donors (Lipinski definition) is 2. The van der Waals surface area contributed by atoms with E-state index >= 15 is 0 Å². The van der Waals surface area contributed by atoms with E-state index in [0.717, 1.165) is 35.3 Å². The van der Waals surface area contributed by atoms with Gasteiger partial charge in [0.25, 0.3) is 0 Å². The van der Waals surface area contributed by atoms with Gasteiger partial charge in [0, 0.05) is 17.2 Å². The summed E-state index contributed by atoms with van der Waals surface area (Å²) < 4.78 is 0. The van der Waals surface area contributed by atoms with Crippen molar-refractivity contribution in [2.24, 2.45) is 0 Å². The Morgan fingerprint density at radius 1 is 1.40 bits per heavy atom. The van der Waals surface area contributed by atoms with Gasteiger partial charge in [-0.25, -0.2) is 9.97 Å². The fourth-order valence-corrected chi connectivity index (χ4v) is 3.82. The number of rotatable bonds is 5. The molecule has 2 aromatic rings. The Balaban J connectivity index is 1.74. The molecule has 3 rings (SSSR count). The van der Waals surface area contributed by atoms with Crippen molar-refractivity contribution >= 4 is 28.5 Å². The number of nitrogens with zero attached hydrogens (tertiary/aromatic N) is 2. The molecule has 2 atom stereocenters. The Morgan fingerprint density at radius 3 is 3.00 bits per heavy atom. The van der Waals surface area contributed by atoms with Gasteiger partial charge in [-0.05, 0) is 30.7 Å². The van der Waals surface area contributed by atoms with Crippen molar-refractivity contribution in [1.29, 1.82) is 0 Å². The molecule has 0 amide bonds. The van der Waals surface area contributed by atoms with Gasteiger partial charge >= 0.3 is 0 Å². The maximum absolute atomic E-state index is 10.6. The standard InChI is InChI=1S/C15H19N3OS/c1-2-20-13-7-8-15(13,19)9-16-14-11-5-3-4-6-12(11)17-10-18-14/h3-6,10,13,19H,2,7-9H2,1H3,(H,16,17,18). The molecule has 1 aromatic heterocycles. The van der Waals surface area contributed by atoms with E-state index in [0.29, 0.717) is 11.8 Å². The van der Waals surface area contributed by atoms with Crippen molar-refractivity contribution in [2.45, 2.75) is 30.6 Å². The third kappa shape index (κ3) is 2.47. The van der Waals surface area contributed by atoms with Gasteiger partial charge in [0.2, 0.25) is 0 Å². The van der Waals surface area contributed by atoms with Crippen molar-refractivity contribution in [2.75, 3.05) is 17.6 Å². The second-order valence-electron chi connectivity index (χ2n) is 5.18. The highest BCUT2D eigenvalue weighted by Crippen LogP contribution is 2.41. The average Bonchev–Trinajstić information content (AvgIpc) is 2.49. The van der Waals surface area contributed by atoms with Crippen LogP contribution in [-0.4, -0.2) is 38.2 Å². The third-order valence-corrected chi connectivity index (χ3v) is 5.32. The summed E-state index contributed by atoms with van der Waals surface area (Å²) >= 11 is 1.84. The van der Waals surface area contributed by atoms with E-state index in [2.05, 4.69) is 22.2 Å². The fourth-order valence-electron chi connectivity index (χ4n) is 2.62. The van der Waals surface area contributed by atoms with Crippen molar-refractivity contribution in [3.8, 4) is 0 Å². The van der Waals surface area contributed by atoms with E-state index < -0.39 is 5.60 Å². The smallest absolute Gasteiger partial charge is 0.137 e. The molecule has 4 nitrogen and oxygen atoms in total. The highest BCUT2D eigenvalue weighted by Gasteiger charge is 2.45. The molecule has 0 spiro atoms. The Labute approximate surface area is 123 Å². The Kier molecular flexibility index (Phi) is 3.81. The summed E-state index contributed by atoms with van der Waals surface area (Å²) in [4.78, 5) is 8.55. The molecule has 0 bridgehead atoms. The molecule has 1 saturated carbocycles. The molecule has 0 radical (unpaired) electrons. The van der Waals surface area contributed by atoms with Crippen LogP contribution in [0.15, 0.2) is 30.6 Å². The highest BCUT2D eigenvalue weighted by atomic mass is 32.2. The molecule has 1 aliphatic rings. The van der Waals surface area contributed by atoms with E-state index in [1.54, 1.807) is 6.33 Å². The van der Waals surface area contributed by atoms with Crippen LogP contribution in [0.1, 0.15) is 19.8 Å². The van der Waals surface area contributed by atoms with E-state index in [9.17, 15) is 5.11 Å². The highest BCUT2D eigenvalue weighted by molar-refractivity contribution is 8.00. The predicted octanol–water partition coefficient (Wildman–Crippen LogP) is 2.69. The lowest BCUT2D eigenvalue weighted by Crippen LogP contribution is -2.54. The maximum atomic E-state index is 10.6. The van der Waals surface area contributed by atoms with Gasteiger partial charge in [0.05, 0.1) is 11.1 Å². The molecule has 5 heteroatoms. The molecule has 2 unspecified atom stereocenters. The Morgan fingerprint density at radius 2 is 2.25 bits per heavy atom. The molecule has 2 N–H and O–H groups in total. The summed E-state index contributed by atoms with van der Waals surface area (Å²) in [6.07, 6.45) is 3.52. The SMILES string of the molecule is CCSC1CCC1(O)CNc1ncnc2ccccc12. The molecular weight excluding hydrogens is 270 g/mol. The minimum atomic E-state index is -0.604. The number of fused-ring (bicyclic) bond motifs is 1. The molecule has 1 aromatic carbocycles. The zero-order valence-corrected chi connectivity index (χ0v) is 12.4. The molecule has 0 saturated heterocycles. The van der Waals surface area contributed by atoms with Gasteiger partial charge < -0.3 is 10.4 Å². The van der Waals surface area contributed by atoms with Crippen molar-refractivity contribution in [3.05, 3.63) is 30.6 Å². The van der Waals surface area contributed by atoms with Gasteiger partial charge in [-0.15, -0.1) is 0 Å². The largest absolute Gasteiger partial charge is 0.387 e. The zero-order valence-electron chi connectivity index (χ0n) is 11.5. The minimum Gasteiger partial charge on any atom is -0.387 e. The molecular formula is C15H19N3OS. The van der Waals surface area contributed by atoms with Crippen molar-refractivity contribution < 1.29 is 5.11 Å². The topological polar surface area (TPSA) is 58.0 Å². The Hall–Kier alpha value is -1.33. The number of anilines is 1. The van der Waals surface area contributed by atoms with E-state index in [-0.39, 0.29) is 0 Å². The average molecular weight is 289 g/mol. The maximum Gasteiger partial charge on any atom is 0.137 e. The van der Waals surface area contributed by atoms with Crippen LogP contribution in [0.4, 0.5) is 5.82 Å². The molecule has 0 aliphatic heterocycles. The van der Waals surface area contributed by atoms with Crippen LogP contribution in [0.3, 0.4) is 0 Å². The summed E-state index contributed by atoms with van der Waals surface area (Å²) in [6.45, 7) is 2.68. The fraction of sp³-hybridized carbons (Fsp3) is 0.467. The van der Waals surface area contributed by atoms with E-state index in [1.165, 1.54) is 0 Å². The first-order chi connectivity index (χ1) is 9.73. The minimum absolute atomic E-state index is 0.341. The van der Waals surface area contributed by atoms with Gasteiger partial charge in [-0.3, -0.25) is 0 Å². The van der Waals surface area contributed by atoms with Crippen LogP contribution in [-0.2, 0) is 0 Å². The normalized spacial score (nSPS) is 25.4. The van der Waals surface area contributed by atoms with Crippen LogP contribution in [0.2, 0.25) is 0 Å². The summed E-state index contributed by atoms with van der Waals surface area (Å²) in [5.74, 6) is 1.85. The molecule has 106 valence electrons. The second-order valence-corrected chi connectivity index (χ2v) is 6.66. The van der Waals surface area contributed by atoms with Gasteiger partial charge in [-0.1, -0.05) is 19.1 Å². The Bertz CT molecular complexity index is 601. The summed E-state index contributed by atoms with van der Waals surface area (Å²) in [6, 6.07) is 7.91. The summed E-state index contributed by atoms with van der Waals surface area (Å²) in [5, 5.41) is 15.3. The van der Waals surface area contributed by atoms with Gasteiger partial charge in [-0.2, -0.15) is 11.8 Å². The van der Waals surface area contributed by atoms with Crippen molar-refractivity contribution in [3.63, 3.8) is 0 Å². The third-order valence-electron chi connectivity index (χ3n) is 3.91. The summed E-state index contributed by atoms with van der Waals surface area (Å²) in [5.41, 5.74) is 0.317. The number of hydrogen-bond acceptors (Lipinski definition) is 5. The number of nitrogens with one attached hydrogen (secondary N) is 1. The summed E-state index contributed by atoms with van der Waals surface area (Å²) in [7, 11) is 0. The van der Waals surface area contributed by atoms with Crippen LogP contribution < -0.4 is 5.32 Å². The van der Waals surface area contributed by atoms with Crippen LogP contribution >= 0.6 is 11.8 Å². The zero-order chi connectivity index (χ0) is 14.0. The predicted molar refractivity (Wildman–Crippen MR) is 84.1 cm³/mol. The first kappa shape index (κ1) is 13.6. The lowest BCUT2D eigenvalue weighted by atomic mass is 9.79. The number of thioether (sulfide) groups is 1.